The van der Waals surface area contributed by atoms with E-state index in [1.165, 1.54) is 6.20 Å². The molecule has 0 radical (unpaired) electrons. The molecule has 98 valence electrons. The van der Waals surface area contributed by atoms with Gasteiger partial charge in [-0.15, -0.1) is 0 Å². The molecular weight excluding hydrogens is 262 g/mol. The summed E-state index contributed by atoms with van der Waals surface area (Å²) in [5.41, 5.74) is 1.60. The second-order valence-electron chi connectivity index (χ2n) is 4.04. The molecule has 0 bridgehead atoms. The summed E-state index contributed by atoms with van der Waals surface area (Å²) in [7, 11) is 0. The first-order valence-electron chi connectivity index (χ1n) is 6.00. The minimum Gasteiger partial charge on any atom is -0.335 e. The summed E-state index contributed by atoms with van der Waals surface area (Å²) >= 11 is 5.81. The number of pyridine rings is 2. The zero-order valence-electron chi connectivity index (χ0n) is 10.6. The van der Waals surface area contributed by atoms with E-state index in [-0.39, 0.29) is 5.91 Å². The van der Waals surface area contributed by atoms with Gasteiger partial charge >= 0.3 is 0 Å². The van der Waals surface area contributed by atoms with Gasteiger partial charge in [0.15, 0.2) is 0 Å². The molecule has 0 aliphatic carbocycles. The summed E-state index contributed by atoms with van der Waals surface area (Å²) in [5.74, 6) is -0.0522. The lowest BCUT2D eigenvalue weighted by molar-refractivity contribution is 0.0752. The van der Waals surface area contributed by atoms with Crippen LogP contribution in [-0.2, 0) is 6.54 Å². The highest BCUT2D eigenvalue weighted by atomic mass is 35.5. The second-order valence-corrected chi connectivity index (χ2v) is 4.43. The van der Waals surface area contributed by atoms with Crippen molar-refractivity contribution in [2.75, 3.05) is 6.54 Å². The third-order valence-corrected chi connectivity index (χ3v) is 2.97. The van der Waals surface area contributed by atoms with E-state index in [9.17, 15) is 4.79 Å². The summed E-state index contributed by atoms with van der Waals surface area (Å²) in [6.07, 6.45) is 4.98. The van der Waals surface area contributed by atoms with Gasteiger partial charge in [-0.3, -0.25) is 9.78 Å². The molecule has 0 spiro atoms. The molecule has 0 saturated carbocycles. The summed E-state index contributed by atoms with van der Waals surface area (Å²) in [6.45, 7) is 3.13. The summed E-state index contributed by atoms with van der Waals surface area (Å²) < 4.78 is 0. The van der Waals surface area contributed by atoms with E-state index in [2.05, 4.69) is 9.97 Å². The van der Waals surface area contributed by atoms with Crippen molar-refractivity contribution in [3.05, 3.63) is 59.1 Å². The van der Waals surface area contributed by atoms with Gasteiger partial charge in [0, 0.05) is 37.2 Å². The Labute approximate surface area is 117 Å². The molecule has 2 heterocycles. The second kappa shape index (κ2) is 6.29. The van der Waals surface area contributed by atoms with Crippen LogP contribution in [0.1, 0.15) is 22.8 Å². The van der Waals surface area contributed by atoms with Gasteiger partial charge in [-0.2, -0.15) is 0 Å². The minimum atomic E-state index is -0.0522. The predicted molar refractivity (Wildman–Crippen MR) is 73.9 cm³/mol. The van der Waals surface area contributed by atoms with Crippen molar-refractivity contribution >= 4 is 17.5 Å². The van der Waals surface area contributed by atoms with Crippen LogP contribution in [0.5, 0.6) is 0 Å². The number of hydrogen-bond donors (Lipinski definition) is 0. The number of nitrogens with zero attached hydrogens (tertiary/aromatic N) is 3. The Bertz CT molecular complexity index is 560. The van der Waals surface area contributed by atoms with E-state index in [4.69, 9.17) is 11.6 Å². The Hall–Kier alpha value is -1.94. The van der Waals surface area contributed by atoms with E-state index in [1.807, 2.05) is 19.1 Å². The zero-order valence-corrected chi connectivity index (χ0v) is 11.3. The molecule has 19 heavy (non-hydrogen) atoms. The van der Waals surface area contributed by atoms with Crippen LogP contribution in [0.15, 0.2) is 42.9 Å². The van der Waals surface area contributed by atoms with Gasteiger partial charge in [-0.05, 0) is 36.8 Å². The fourth-order valence-electron chi connectivity index (χ4n) is 1.75. The van der Waals surface area contributed by atoms with Gasteiger partial charge in [-0.1, -0.05) is 11.6 Å². The van der Waals surface area contributed by atoms with Crippen molar-refractivity contribution in [2.24, 2.45) is 0 Å². The largest absolute Gasteiger partial charge is 0.335 e. The average molecular weight is 276 g/mol. The van der Waals surface area contributed by atoms with Gasteiger partial charge in [-0.25, -0.2) is 4.98 Å². The van der Waals surface area contributed by atoms with Crippen LogP contribution in [-0.4, -0.2) is 27.3 Å². The summed E-state index contributed by atoms with van der Waals surface area (Å²) in [4.78, 5) is 21.9. The minimum absolute atomic E-state index is 0.0522. The first-order valence-corrected chi connectivity index (χ1v) is 6.38. The van der Waals surface area contributed by atoms with Crippen molar-refractivity contribution in [1.29, 1.82) is 0 Å². The first kappa shape index (κ1) is 13.5. The van der Waals surface area contributed by atoms with Crippen molar-refractivity contribution in [3.8, 4) is 0 Å². The monoisotopic (exact) mass is 275 g/mol. The molecule has 0 aliphatic rings. The van der Waals surface area contributed by atoms with E-state index < -0.39 is 0 Å². The van der Waals surface area contributed by atoms with Crippen molar-refractivity contribution < 1.29 is 4.79 Å². The van der Waals surface area contributed by atoms with Gasteiger partial charge in [0.2, 0.25) is 0 Å². The molecular formula is C14H14ClN3O. The fraction of sp³-hybridized carbons (Fsp3) is 0.214. The Kier molecular flexibility index (Phi) is 4.47. The summed E-state index contributed by atoms with van der Waals surface area (Å²) in [5, 5.41) is 0.325. The third-order valence-electron chi connectivity index (χ3n) is 2.77. The predicted octanol–water partition coefficient (Wildman–Crippen LogP) is 2.79. The highest BCUT2D eigenvalue weighted by molar-refractivity contribution is 6.29. The highest BCUT2D eigenvalue weighted by Gasteiger charge is 2.14. The number of carbonyl (C=O) groups is 1. The topological polar surface area (TPSA) is 46.1 Å². The Balaban J connectivity index is 2.16. The van der Waals surface area contributed by atoms with E-state index in [0.29, 0.717) is 23.8 Å². The number of aromatic nitrogens is 2. The quantitative estimate of drug-likeness (QED) is 0.806. The van der Waals surface area contributed by atoms with Gasteiger partial charge in [0.1, 0.15) is 5.15 Å². The lowest BCUT2D eigenvalue weighted by Crippen LogP contribution is -2.30. The normalized spacial score (nSPS) is 10.2. The van der Waals surface area contributed by atoms with Crippen LogP contribution < -0.4 is 0 Å². The number of rotatable bonds is 4. The molecule has 4 nitrogen and oxygen atoms in total. The van der Waals surface area contributed by atoms with Gasteiger partial charge < -0.3 is 4.90 Å². The average Bonchev–Trinajstić information content (AvgIpc) is 2.45. The SMILES string of the molecule is CCN(Cc1ccncc1)C(=O)c1ccnc(Cl)c1. The summed E-state index contributed by atoms with van der Waals surface area (Å²) in [6, 6.07) is 7.05. The third kappa shape index (κ3) is 3.51. The standard InChI is InChI=1S/C14H14ClN3O/c1-2-18(10-11-3-6-16-7-4-11)14(19)12-5-8-17-13(15)9-12/h3-9H,2,10H2,1H3. The van der Waals surface area contributed by atoms with Crippen LogP contribution in [0.2, 0.25) is 5.15 Å². The van der Waals surface area contributed by atoms with Crippen molar-refractivity contribution in [1.82, 2.24) is 14.9 Å². The maximum Gasteiger partial charge on any atom is 0.254 e. The molecule has 0 aromatic carbocycles. The van der Waals surface area contributed by atoms with Crippen molar-refractivity contribution in [3.63, 3.8) is 0 Å². The molecule has 2 rings (SSSR count). The molecule has 0 saturated heterocycles. The lowest BCUT2D eigenvalue weighted by atomic mass is 10.2. The molecule has 0 N–H and O–H groups in total. The molecule has 1 amide bonds. The molecule has 2 aromatic rings. The molecule has 0 fully saturated rings. The number of halogens is 1. The lowest BCUT2D eigenvalue weighted by Gasteiger charge is -2.21. The van der Waals surface area contributed by atoms with Crippen LogP contribution in [0.3, 0.4) is 0 Å². The first-order chi connectivity index (χ1) is 9.20. The smallest absolute Gasteiger partial charge is 0.254 e. The maximum atomic E-state index is 12.4. The highest BCUT2D eigenvalue weighted by Crippen LogP contribution is 2.12. The number of carbonyl (C=O) groups excluding carboxylic acids is 1. The molecule has 0 unspecified atom stereocenters. The van der Waals surface area contributed by atoms with Crippen molar-refractivity contribution in [2.45, 2.75) is 13.5 Å². The Morgan fingerprint density at radius 3 is 2.63 bits per heavy atom. The van der Waals surface area contributed by atoms with E-state index >= 15 is 0 Å². The molecule has 2 aromatic heterocycles. The zero-order chi connectivity index (χ0) is 13.7. The van der Waals surface area contributed by atoms with Crippen LogP contribution in [0, 0.1) is 0 Å². The molecule has 5 heteroatoms. The Morgan fingerprint density at radius 1 is 1.26 bits per heavy atom. The molecule has 0 aliphatic heterocycles. The fourth-order valence-corrected chi connectivity index (χ4v) is 1.93. The van der Waals surface area contributed by atoms with E-state index in [1.54, 1.807) is 29.4 Å². The van der Waals surface area contributed by atoms with Gasteiger partial charge in [0.25, 0.3) is 5.91 Å². The van der Waals surface area contributed by atoms with Gasteiger partial charge in [0.05, 0.1) is 0 Å². The maximum absolute atomic E-state index is 12.4. The number of hydrogen-bond acceptors (Lipinski definition) is 3. The number of amides is 1. The van der Waals surface area contributed by atoms with E-state index in [0.717, 1.165) is 5.56 Å². The van der Waals surface area contributed by atoms with Crippen LogP contribution in [0.25, 0.3) is 0 Å². The van der Waals surface area contributed by atoms with Crippen LogP contribution in [0.4, 0.5) is 0 Å². The Morgan fingerprint density at radius 2 is 2.00 bits per heavy atom. The van der Waals surface area contributed by atoms with Crippen LogP contribution >= 0.6 is 11.6 Å². The molecule has 0 atom stereocenters.